The van der Waals surface area contributed by atoms with Crippen molar-refractivity contribution in [3.8, 4) is 0 Å². The van der Waals surface area contributed by atoms with Gasteiger partial charge in [0.1, 0.15) is 0 Å². The molecular weight excluding hydrogens is 300 g/mol. The van der Waals surface area contributed by atoms with E-state index in [4.69, 9.17) is 0 Å². The van der Waals surface area contributed by atoms with E-state index in [-0.39, 0.29) is 30.2 Å². The molecule has 0 aliphatic carbocycles. The molecule has 1 saturated heterocycles. The number of carbonyl (C=O) groups is 2. The van der Waals surface area contributed by atoms with Crippen molar-refractivity contribution in [2.75, 3.05) is 11.9 Å². The first-order chi connectivity index (χ1) is 11.5. The summed E-state index contributed by atoms with van der Waals surface area (Å²) in [6.07, 6.45) is 0.273. The zero-order chi connectivity index (χ0) is 17.1. The highest BCUT2D eigenvalue weighted by atomic mass is 16.2. The Morgan fingerprint density at radius 2 is 1.79 bits per heavy atom. The van der Waals surface area contributed by atoms with Crippen LogP contribution in [0.1, 0.15) is 30.5 Å². The van der Waals surface area contributed by atoms with Crippen LogP contribution in [0.2, 0.25) is 0 Å². The number of hydrogen-bond donors (Lipinski definition) is 1. The largest absolute Gasteiger partial charge is 0.335 e. The lowest BCUT2D eigenvalue weighted by Gasteiger charge is -2.25. The summed E-state index contributed by atoms with van der Waals surface area (Å²) in [7, 11) is 0. The van der Waals surface area contributed by atoms with Gasteiger partial charge in [-0.05, 0) is 31.5 Å². The molecule has 0 bridgehead atoms. The van der Waals surface area contributed by atoms with Crippen LogP contribution in [0.5, 0.6) is 0 Å². The van der Waals surface area contributed by atoms with Crippen LogP contribution in [0.25, 0.3) is 0 Å². The fourth-order valence-corrected chi connectivity index (χ4v) is 3.07. The van der Waals surface area contributed by atoms with Crippen molar-refractivity contribution in [1.29, 1.82) is 0 Å². The Morgan fingerprint density at radius 3 is 2.46 bits per heavy atom. The van der Waals surface area contributed by atoms with Gasteiger partial charge in [0.25, 0.3) is 0 Å². The van der Waals surface area contributed by atoms with Crippen molar-refractivity contribution < 1.29 is 9.59 Å². The quantitative estimate of drug-likeness (QED) is 0.936. The molecule has 124 valence electrons. The van der Waals surface area contributed by atoms with Gasteiger partial charge in [0.05, 0.1) is 12.0 Å². The van der Waals surface area contributed by atoms with Crippen LogP contribution in [0.15, 0.2) is 54.6 Å². The number of nitrogens with one attached hydrogen (secondary N) is 1. The Hall–Kier alpha value is -2.62. The molecule has 2 aromatic carbocycles. The number of benzene rings is 2. The second kappa shape index (κ2) is 6.87. The molecule has 0 spiro atoms. The van der Waals surface area contributed by atoms with E-state index in [9.17, 15) is 9.59 Å². The molecule has 4 nitrogen and oxygen atoms in total. The fourth-order valence-electron chi connectivity index (χ4n) is 3.07. The molecule has 2 amide bonds. The lowest BCUT2D eigenvalue weighted by atomic mass is 10.1. The number of amides is 2. The highest BCUT2D eigenvalue weighted by Crippen LogP contribution is 2.29. The molecule has 0 saturated carbocycles. The molecule has 1 aliphatic rings. The Kier molecular flexibility index (Phi) is 4.65. The van der Waals surface area contributed by atoms with Crippen LogP contribution < -0.4 is 5.32 Å². The minimum absolute atomic E-state index is 0.0177. The van der Waals surface area contributed by atoms with E-state index in [0.717, 1.165) is 16.8 Å². The molecule has 1 aliphatic heterocycles. The van der Waals surface area contributed by atoms with Gasteiger partial charge in [0.2, 0.25) is 11.8 Å². The first-order valence-corrected chi connectivity index (χ1v) is 8.26. The van der Waals surface area contributed by atoms with Gasteiger partial charge in [-0.25, -0.2) is 0 Å². The molecule has 1 heterocycles. The number of hydrogen-bond acceptors (Lipinski definition) is 2. The topological polar surface area (TPSA) is 49.4 Å². The second-order valence-corrected chi connectivity index (χ2v) is 6.39. The van der Waals surface area contributed by atoms with Crippen LogP contribution in [0, 0.1) is 12.8 Å². The number of rotatable bonds is 4. The Morgan fingerprint density at radius 1 is 1.12 bits per heavy atom. The lowest BCUT2D eigenvalue weighted by molar-refractivity contribution is -0.129. The maximum absolute atomic E-state index is 12.5. The summed E-state index contributed by atoms with van der Waals surface area (Å²) < 4.78 is 0. The predicted octanol–water partition coefficient (Wildman–Crippen LogP) is 3.54. The second-order valence-electron chi connectivity index (χ2n) is 6.39. The van der Waals surface area contributed by atoms with Crippen molar-refractivity contribution in [2.45, 2.75) is 26.3 Å². The number of carbonyl (C=O) groups excluding carboxylic acids is 2. The molecule has 2 atom stereocenters. The summed E-state index contributed by atoms with van der Waals surface area (Å²) in [6.45, 7) is 4.48. The minimum atomic E-state index is -0.301. The molecule has 2 aromatic rings. The normalized spacial score (nSPS) is 18.5. The summed E-state index contributed by atoms with van der Waals surface area (Å²) in [5.74, 6) is -0.352. The standard InChI is InChI=1S/C20H22N2O2/c1-14-8-10-18(11-9-14)21-20(24)17-12-19(23)22(13-17)15(2)16-6-4-3-5-7-16/h3-11,15,17H,12-13H2,1-2H3,(H,21,24)/t15-,17+/m1/s1. The smallest absolute Gasteiger partial charge is 0.229 e. The van der Waals surface area contributed by atoms with Crippen LogP contribution in [0.4, 0.5) is 5.69 Å². The first kappa shape index (κ1) is 16.2. The SMILES string of the molecule is Cc1ccc(NC(=O)[C@H]2CC(=O)N([C@H](C)c3ccccc3)C2)cc1. The van der Waals surface area contributed by atoms with Crippen LogP contribution in [0.3, 0.4) is 0 Å². The zero-order valence-corrected chi connectivity index (χ0v) is 14.0. The van der Waals surface area contributed by atoms with Gasteiger partial charge in [-0.1, -0.05) is 48.0 Å². The summed E-state index contributed by atoms with van der Waals surface area (Å²) in [6, 6.07) is 17.6. The van der Waals surface area contributed by atoms with Gasteiger partial charge in [-0.15, -0.1) is 0 Å². The first-order valence-electron chi connectivity index (χ1n) is 8.26. The van der Waals surface area contributed by atoms with Gasteiger partial charge < -0.3 is 10.2 Å². The third kappa shape index (κ3) is 3.48. The number of likely N-dealkylation sites (tertiary alicyclic amines) is 1. The molecule has 0 unspecified atom stereocenters. The summed E-state index contributed by atoms with van der Waals surface area (Å²) in [5, 5.41) is 2.91. The van der Waals surface area contributed by atoms with Gasteiger partial charge in [0.15, 0.2) is 0 Å². The molecule has 0 aromatic heterocycles. The Labute approximate surface area is 142 Å². The van der Waals surface area contributed by atoms with Crippen LogP contribution >= 0.6 is 0 Å². The van der Waals surface area contributed by atoms with E-state index in [2.05, 4.69) is 5.32 Å². The van der Waals surface area contributed by atoms with Crippen molar-refractivity contribution in [1.82, 2.24) is 4.90 Å². The molecule has 3 rings (SSSR count). The Bertz CT molecular complexity index is 725. The third-order valence-corrected chi connectivity index (χ3v) is 4.60. The summed E-state index contributed by atoms with van der Waals surface area (Å²) in [4.78, 5) is 26.6. The molecule has 0 radical (unpaired) electrons. The third-order valence-electron chi connectivity index (χ3n) is 4.60. The van der Waals surface area contributed by atoms with Crippen molar-refractivity contribution in [3.63, 3.8) is 0 Å². The molecule has 4 heteroatoms. The van der Waals surface area contributed by atoms with Gasteiger partial charge in [-0.3, -0.25) is 9.59 Å². The van der Waals surface area contributed by atoms with E-state index in [1.54, 1.807) is 4.90 Å². The van der Waals surface area contributed by atoms with Gasteiger partial charge >= 0.3 is 0 Å². The maximum atomic E-state index is 12.5. The molecule has 1 N–H and O–H groups in total. The Balaban J connectivity index is 1.65. The average Bonchev–Trinajstić information content (AvgIpc) is 2.99. The lowest BCUT2D eigenvalue weighted by Crippen LogP contribution is -2.30. The van der Waals surface area contributed by atoms with E-state index < -0.39 is 0 Å². The van der Waals surface area contributed by atoms with Crippen molar-refractivity contribution in [3.05, 3.63) is 65.7 Å². The van der Waals surface area contributed by atoms with E-state index in [0.29, 0.717) is 6.54 Å². The van der Waals surface area contributed by atoms with Crippen LogP contribution in [-0.2, 0) is 9.59 Å². The van der Waals surface area contributed by atoms with E-state index >= 15 is 0 Å². The number of anilines is 1. The van der Waals surface area contributed by atoms with Crippen molar-refractivity contribution >= 4 is 17.5 Å². The monoisotopic (exact) mass is 322 g/mol. The molecular formula is C20H22N2O2. The highest BCUT2D eigenvalue weighted by molar-refractivity contribution is 5.97. The maximum Gasteiger partial charge on any atom is 0.229 e. The predicted molar refractivity (Wildman–Crippen MR) is 94.5 cm³/mol. The average molecular weight is 322 g/mol. The number of nitrogens with zero attached hydrogens (tertiary/aromatic N) is 1. The molecule has 24 heavy (non-hydrogen) atoms. The van der Waals surface area contributed by atoms with Gasteiger partial charge in [-0.2, -0.15) is 0 Å². The summed E-state index contributed by atoms with van der Waals surface area (Å²) >= 11 is 0. The van der Waals surface area contributed by atoms with Gasteiger partial charge in [0, 0.05) is 18.7 Å². The zero-order valence-electron chi connectivity index (χ0n) is 14.0. The van der Waals surface area contributed by atoms with Crippen molar-refractivity contribution in [2.24, 2.45) is 5.92 Å². The van der Waals surface area contributed by atoms with Crippen LogP contribution in [-0.4, -0.2) is 23.3 Å². The molecule has 1 fully saturated rings. The highest BCUT2D eigenvalue weighted by Gasteiger charge is 2.36. The van der Waals surface area contributed by atoms with E-state index in [1.165, 1.54) is 0 Å². The number of aryl methyl sites for hydroxylation is 1. The summed E-state index contributed by atoms with van der Waals surface area (Å²) in [5.41, 5.74) is 3.00. The minimum Gasteiger partial charge on any atom is -0.335 e. The van der Waals surface area contributed by atoms with E-state index in [1.807, 2.05) is 68.4 Å². The fraction of sp³-hybridized carbons (Fsp3) is 0.300.